The van der Waals surface area contributed by atoms with Crippen LogP contribution in [0.5, 0.6) is 0 Å². The second-order valence-corrected chi connectivity index (χ2v) is 7.66. The average Bonchev–Trinajstić information content (AvgIpc) is 3.35. The van der Waals surface area contributed by atoms with Crippen LogP contribution in [0.15, 0.2) is 46.3 Å². The third-order valence-electron chi connectivity index (χ3n) is 5.45. The maximum Gasteiger partial charge on any atom is 0.229 e. The number of nitrogens with zero attached hydrogens (tertiary/aromatic N) is 10. The van der Waals surface area contributed by atoms with Gasteiger partial charge in [-0.25, -0.2) is 4.99 Å². The Morgan fingerprint density at radius 1 is 1.14 bits per heavy atom. The SMILES string of the molecule is C=C/C=C\N=C(/N)n1ncc(C#N)c1/N=N/c1c(NC)nc(N2CCOCC2)nc1N1CCOCC1. The molecule has 3 N–H and O–H groups in total. The second kappa shape index (κ2) is 11.9. The number of morpholine rings is 2. The highest BCUT2D eigenvalue weighted by Crippen LogP contribution is 2.37. The van der Waals surface area contributed by atoms with Crippen LogP contribution >= 0.6 is 0 Å². The van der Waals surface area contributed by atoms with Crippen molar-refractivity contribution in [1.29, 1.82) is 5.26 Å². The van der Waals surface area contributed by atoms with Gasteiger partial charge < -0.3 is 30.3 Å². The van der Waals surface area contributed by atoms with Crippen LogP contribution < -0.4 is 20.9 Å². The number of hydrogen-bond donors (Lipinski definition) is 2. The Balaban J connectivity index is 1.78. The minimum atomic E-state index is 0.0182. The molecule has 0 atom stereocenters. The molecule has 4 heterocycles. The van der Waals surface area contributed by atoms with Gasteiger partial charge in [-0.15, -0.1) is 10.2 Å². The van der Waals surface area contributed by atoms with Gasteiger partial charge in [-0.3, -0.25) is 0 Å². The number of nitrogens with one attached hydrogen (secondary N) is 1. The summed E-state index contributed by atoms with van der Waals surface area (Å²) in [5, 5.41) is 25.7. The second-order valence-electron chi connectivity index (χ2n) is 7.66. The number of ether oxygens (including phenoxy) is 2. The van der Waals surface area contributed by atoms with Crippen LogP contribution in [0.3, 0.4) is 0 Å². The van der Waals surface area contributed by atoms with Gasteiger partial charge in [0.05, 0.1) is 32.6 Å². The molecule has 2 aromatic heterocycles. The Kier molecular flexibility index (Phi) is 8.16. The molecule has 0 amide bonds. The van der Waals surface area contributed by atoms with Crippen LogP contribution in [-0.2, 0) is 9.47 Å². The predicted molar refractivity (Wildman–Crippen MR) is 135 cm³/mol. The average molecular weight is 493 g/mol. The number of nitriles is 1. The molecule has 0 aromatic carbocycles. The molecular weight excluding hydrogens is 464 g/mol. The Bertz CT molecular complexity index is 1200. The van der Waals surface area contributed by atoms with E-state index in [4.69, 9.17) is 25.2 Å². The zero-order chi connectivity index (χ0) is 25.3. The summed E-state index contributed by atoms with van der Waals surface area (Å²) in [6, 6.07) is 2.06. The highest BCUT2D eigenvalue weighted by molar-refractivity contribution is 5.84. The predicted octanol–water partition coefficient (Wildman–Crippen LogP) is 1.54. The number of azo groups is 1. The molecule has 2 fully saturated rings. The van der Waals surface area contributed by atoms with Gasteiger partial charge in [0, 0.05) is 39.4 Å². The highest BCUT2D eigenvalue weighted by Gasteiger charge is 2.25. The first-order valence-corrected chi connectivity index (χ1v) is 11.4. The standard InChI is InChI=1S/C22H28N12O2/c1-3-4-5-26-21(24)34-19(16(14-23)15-27-34)31-30-17-18(25-2)28-22(33-8-12-36-13-9-33)29-20(17)32-6-10-35-11-7-32/h3-5,15H,1,6-13H2,2H3,(H2,24,26)(H,25,28,29)/b5-4-,31-30+. The number of allylic oxidation sites excluding steroid dienone is 2. The smallest absolute Gasteiger partial charge is 0.229 e. The van der Waals surface area contributed by atoms with Gasteiger partial charge in [0.1, 0.15) is 11.6 Å². The van der Waals surface area contributed by atoms with Gasteiger partial charge in [-0.1, -0.05) is 12.7 Å². The van der Waals surface area contributed by atoms with E-state index in [2.05, 4.69) is 48.1 Å². The molecule has 2 saturated heterocycles. The fourth-order valence-corrected chi connectivity index (χ4v) is 3.62. The Labute approximate surface area is 208 Å². The summed E-state index contributed by atoms with van der Waals surface area (Å²) < 4.78 is 12.2. The fourth-order valence-electron chi connectivity index (χ4n) is 3.62. The van der Waals surface area contributed by atoms with Crippen molar-refractivity contribution in [1.82, 2.24) is 19.7 Å². The van der Waals surface area contributed by atoms with E-state index in [1.165, 1.54) is 17.1 Å². The summed E-state index contributed by atoms with van der Waals surface area (Å²) >= 11 is 0. The molecule has 0 saturated carbocycles. The number of aromatic nitrogens is 4. The molecule has 0 bridgehead atoms. The Hall–Kier alpha value is -4.35. The quantitative estimate of drug-likeness (QED) is 0.250. The van der Waals surface area contributed by atoms with Crippen molar-refractivity contribution in [3.05, 3.63) is 36.7 Å². The normalized spacial score (nSPS) is 17.1. The molecule has 14 nitrogen and oxygen atoms in total. The molecular formula is C22H28N12O2. The summed E-state index contributed by atoms with van der Waals surface area (Å²) in [5.74, 6) is 1.85. The lowest BCUT2D eigenvalue weighted by Crippen LogP contribution is -2.39. The van der Waals surface area contributed by atoms with Crippen molar-refractivity contribution < 1.29 is 9.47 Å². The van der Waals surface area contributed by atoms with Crippen LogP contribution in [0.2, 0.25) is 0 Å². The lowest BCUT2D eigenvalue weighted by atomic mass is 10.3. The van der Waals surface area contributed by atoms with Crippen molar-refractivity contribution in [2.24, 2.45) is 21.0 Å². The first kappa shape index (κ1) is 24.8. The summed E-state index contributed by atoms with van der Waals surface area (Å²) in [6.45, 7) is 8.61. The molecule has 0 aliphatic carbocycles. The minimum absolute atomic E-state index is 0.0182. The lowest BCUT2D eigenvalue weighted by Gasteiger charge is -2.31. The number of anilines is 3. The van der Waals surface area contributed by atoms with Gasteiger partial charge in [-0.05, 0) is 6.08 Å². The van der Waals surface area contributed by atoms with Crippen LogP contribution in [0.4, 0.5) is 29.1 Å². The van der Waals surface area contributed by atoms with Gasteiger partial charge >= 0.3 is 0 Å². The van der Waals surface area contributed by atoms with Crippen molar-refractivity contribution in [3.8, 4) is 6.07 Å². The molecule has 0 unspecified atom stereocenters. The van der Waals surface area contributed by atoms with Gasteiger partial charge in [0.25, 0.3) is 0 Å². The number of rotatable bonds is 7. The number of aliphatic imine (C=N–C) groups is 1. The molecule has 188 valence electrons. The van der Waals surface area contributed by atoms with E-state index in [1.807, 2.05) is 0 Å². The van der Waals surface area contributed by atoms with Gasteiger partial charge in [0.15, 0.2) is 23.1 Å². The maximum absolute atomic E-state index is 9.58. The van der Waals surface area contributed by atoms with Crippen LogP contribution in [0.1, 0.15) is 5.56 Å². The molecule has 14 heteroatoms. The topological polar surface area (TPSA) is 167 Å². The third kappa shape index (κ3) is 5.48. The first-order valence-electron chi connectivity index (χ1n) is 11.4. The van der Waals surface area contributed by atoms with Gasteiger partial charge in [0.2, 0.25) is 11.9 Å². The van der Waals surface area contributed by atoms with Crippen molar-refractivity contribution in [3.63, 3.8) is 0 Å². The highest BCUT2D eigenvalue weighted by atomic mass is 16.5. The molecule has 2 aliphatic rings. The molecule has 2 aromatic rings. The molecule has 4 rings (SSSR count). The Morgan fingerprint density at radius 2 is 1.83 bits per heavy atom. The number of nitrogens with two attached hydrogens (primary N) is 1. The van der Waals surface area contributed by atoms with E-state index in [1.54, 1.807) is 19.2 Å². The molecule has 0 radical (unpaired) electrons. The van der Waals surface area contributed by atoms with E-state index in [9.17, 15) is 5.26 Å². The summed E-state index contributed by atoms with van der Waals surface area (Å²) in [5.41, 5.74) is 6.67. The molecule has 2 aliphatic heterocycles. The van der Waals surface area contributed by atoms with E-state index < -0.39 is 0 Å². The van der Waals surface area contributed by atoms with Crippen LogP contribution in [0.25, 0.3) is 0 Å². The zero-order valence-corrected chi connectivity index (χ0v) is 20.0. The van der Waals surface area contributed by atoms with E-state index in [0.29, 0.717) is 75.9 Å². The maximum atomic E-state index is 9.58. The van der Waals surface area contributed by atoms with E-state index in [0.717, 1.165) is 0 Å². The lowest BCUT2D eigenvalue weighted by molar-refractivity contribution is 0.121. The summed E-state index contributed by atoms with van der Waals surface area (Å²) in [4.78, 5) is 17.8. The molecule has 0 spiro atoms. The fraction of sp³-hybridized carbons (Fsp3) is 0.409. The van der Waals surface area contributed by atoms with Crippen molar-refractivity contribution >= 4 is 35.0 Å². The van der Waals surface area contributed by atoms with Crippen LogP contribution in [0, 0.1) is 11.3 Å². The zero-order valence-electron chi connectivity index (χ0n) is 20.0. The third-order valence-corrected chi connectivity index (χ3v) is 5.45. The van der Waals surface area contributed by atoms with E-state index in [-0.39, 0.29) is 17.3 Å². The monoisotopic (exact) mass is 492 g/mol. The minimum Gasteiger partial charge on any atom is -0.378 e. The largest absolute Gasteiger partial charge is 0.378 e. The Morgan fingerprint density at radius 3 is 2.47 bits per heavy atom. The van der Waals surface area contributed by atoms with Gasteiger partial charge in [-0.2, -0.15) is 25.0 Å². The van der Waals surface area contributed by atoms with E-state index >= 15 is 0 Å². The van der Waals surface area contributed by atoms with Crippen LogP contribution in [-0.4, -0.2) is 85.4 Å². The summed E-state index contributed by atoms with van der Waals surface area (Å²) in [6.07, 6.45) is 6.00. The molecule has 36 heavy (non-hydrogen) atoms. The summed E-state index contributed by atoms with van der Waals surface area (Å²) in [7, 11) is 1.76. The first-order chi connectivity index (χ1) is 17.7. The van der Waals surface area contributed by atoms with Crippen molar-refractivity contribution in [2.75, 3.05) is 74.8 Å². The van der Waals surface area contributed by atoms with Crippen molar-refractivity contribution in [2.45, 2.75) is 0 Å². The number of hydrogen-bond acceptors (Lipinski definition) is 12.